The minimum absolute atomic E-state index is 0.0844. The van der Waals surface area contributed by atoms with Gasteiger partial charge in [0.15, 0.2) is 6.29 Å². The lowest BCUT2D eigenvalue weighted by atomic mass is 10.2. The number of alkyl carbamates (subject to hydrolysis) is 1. The van der Waals surface area contributed by atoms with Gasteiger partial charge in [0, 0.05) is 20.6 Å². The summed E-state index contributed by atoms with van der Waals surface area (Å²) in [7, 11) is 2.91. The van der Waals surface area contributed by atoms with Crippen LogP contribution in [-0.4, -0.2) is 38.6 Å². The molecule has 2 aromatic carbocycles. The van der Waals surface area contributed by atoms with Crippen molar-refractivity contribution >= 4 is 12.1 Å². The number of amides is 1. The van der Waals surface area contributed by atoms with Crippen LogP contribution in [0, 0.1) is 0 Å². The predicted octanol–water partition coefficient (Wildman–Crippen LogP) is 3.03. The van der Waals surface area contributed by atoms with Gasteiger partial charge in [-0.2, -0.15) is 0 Å². The molecule has 150 valence electrons. The van der Waals surface area contributed by atoms with Crippen LogP contribution in [0.15, 0.2) is 60.7 Å². The molecule has 0 aliphatic rings. The Hall–Kier alpha value is -2.90. The number of nitrogens with one attached hydrogen (secondary N) is 1. The summed E-state index contributed by atoms with van der Waals surface area (Å²) in [5.74, 6) is -0.598. The number of esters is 1. The fourth-order valence-electron chi connectivity index (χ4n) is 2.43. The first-order valence-corrected chi connectivity index (χ1v) is 8.85. The zero-order chi connectivity index (χ0) is 20.2. The van der Waals surface area contributed by atoms with Crippen LogP contribution < -0.4 is 5.32 Å². The summed E-state index contributed by atoms with van der Waals surface area (Å²) in [6.07, 6.45) is -1.32. The quantitative estimate of drug-likeness (QED) is 0.498. The summed E-state index contributed by atoms with van der Waals surface area (Å²) in [6, 6.07) is 17.5. The molecule has 1 amide bonds. The average Bonchev–Trinajstić information content (AvgIpc) is 2.75. The van der Waals surface area contributed by atoms with Crippen LogP contribution >= 0.6 is 0 Å². The Kier molecular flexibility index (Phi) is 8.97. The van der Waals surface area contributed by atoms with Crippen molar-refractivity contribution in [2.24, 2.45) is 0 Å². The molecular weight excluding hydrogens is 362 g/mol. The highest BCUT2D eigenvalue weighted by Gasteiger charge is 2.27. The normalized spacial score (nSPS) is 11.7. The lowest BCUT2D eigenvalue weighted by Gasteiger charge is -2.21. The maximum absolute atomic E-state index is 12.5. The maximum atomic E-state index is 12.5. The molecule has 2 rings (SSSR count). The molecular formula is C21H25NO6. The van der Waals surface area contributed by atoms with E-state index in [0.717, 1.165) is 11.1 Å². The highest BCUT2D eigenvalue weighted by atomic mass is 16.7. The van der Waals surface area contributed by atoms with E-state index in [-0.39, 0.29) is 19.6 Å². The van der Waals surface area contributed by atoms with E-state index >= 15 is 0 Å². The Morgan fingerprint density at radius 3 is 1.82 bits per heavy atom. The molecule has 28 heavy (non-hydrogen) atoms. The fraction of sp³-hybridized carbons (Fsp3) is 0.333. The van der Waals surface area contributed by atoms with Gasteiger partial charge >= 0.3 is 12.1 Å². The minimum atomic E-state index is -0.975. The largest absolute Gasteiger partial charge is 0.459 e. The minimum Gasteiger partial charge on any atom is -0.459 e. The molecule has 1 unspecified atom stereocenters. The van der Waals surface area contributed by atoms with E-state index in [2.05, 4.69) is 5.32 Å². The SMILES string of the molecule is COC(CC(NC(=O)OCc1ccccc1)C(=O)OCc1ccccc1)OC. The summed E-state index contributed by atoms with van der Waals surface area (Å²) in [6.45, 7) is 0.192. The molecule has 0 radical (unpaired) electrons. The first-order chi connectivity index (χ1) is 13.6. The summed E-state index contributed by atoms with van der Waals surface area (Å²) >= 11 is 0. The Bertz CT molecular complexity index is 718. The molecule has 0 bridgehead atoms. The van der Waals surface area contributed by atoms with Crippen LogP contribution in [0.2, 0.25) is 0 Å². The van der Waals surface area contributed by atoms with Crippen molar-refractivity contribution in [3.63, 3.8) is 0 Å². The Morgan fingerprint density at radius 1 is 0.821 bits per heavy atom. The molecule has 0 heterocycles. The first-order valence-electron chi connectivity index (χ1n) is 8.85. The van der Waals surface area contributed by atoms with Crippen molar-refractivity contribution in [1.82, 2.24) is 5.32 Å². The van der Waals surface area contributed by atoms with Gasteiger partial charge in [-0.05, 0) is 11.1 Å². The van der Waals surface area contributed by atoms with Gasteiger partial charge < -0.3 is 24.3 Å². The standard InChI is InChI=1S/C21H25NO6/c1-25-19(26-2)13-18(20(23)27-14-16-9-5-3-6-10-16)22-21(24)28-15-17-11-7-4-8-12-17/h3-12,18-19H,13-15H2,1-2H3,(H,22,24). The van der Waals surface area contributed by atoms with E-state index in [1.54, 1.807) is 0 Å². The summed E-state index contributed by atoms with van der Waals surface area (Å²) in [5.41, 5.74) is 1.68. The highest BCUT2D eigenvalue weighted by molar-refractivity contribution is 5.81. The number of hydrogen-bond donors (Lipinski definition) is 1. The van der Waals surface area contributed by atoms with Crippen LogP contribution in [0.5, 0.6) is 0 Å². The second-order valence-electron chi connectivity index (χ2n) is 5.99. The topological polar surface area (TPSA) is 83.1 Å². The van der Waals surface area contributed by atoms with Gasteiger partial charge in [0.25, 0.3) is 0 Å². The van der Waals surface area contributed by atoms with Gasteiger partial charge in [-0.15, -0.1) is 0 Å². The lowest BCUT2D eigenvalue weighted by Crippen LogP contribution is -2.44. The van der Waals surface area contributed by atoms with Crippen molar-refractivity contribution in [1.29, 1.82) is 0 Å². The monoisotopic (exact) mass is 387 g/mol. The lowest BCUT2D eigenvalue weighted by molar-refractivity contribution is -0.153. The molecule has 1 N–H and O–H groups in total. The van der Waals surface area contributed by atoms with Gasteiger partial charge in [-0.1, -0.05) is 60.7 Å². The molecule has 7 nitrogen and oxygen atoms in total. The summed E-state index contributed by atoms with van der Waals surface area (Å²) in [5, 5.41) is 2.53. The van der Waals surface area contributed by atoms with E-state index in [1.165, 1.54) is 14.2 Å². The number of carbonyl (C=O) groups excluding carboxylic acids is 2. The molecule has 1 atom stereocenters. The van der Waals surface area contributed by atoms with Crippen LogP contribution in [0.1, 0.15) is 17.5 Å². The van der Waals surface area contributed by atoms with Crippen LogP contribution in [0.3, 0.4) is 0 Å². The average molecular weight is 387 g/mol. The number of rotatable bonds is 10. The molecule has 0 aromatic heterocycles. The fourth-order valence-corrected chi connectivity index (χ4v) is 2.43. The van der Waals surface area contributed by atoms with Crippen molar-refractivity contribution < 1.29 is 28.5 Å². The second-order valence-corrected chi connectivity index (χ2v) is 5.99. The maximum Gasteiger partial charge on any atom is 0.408 e. The molecule has 0 aliphatic carbocycles. The van der Waals surface area contributed by atoms with Crippen molar-refractivity contribution in [2.45, 2.75) is 32.0 Å². The molecule has 0 saturated carbocycles. The molecule has 0 aliphatic heterocycles. The number of methoxy groups -OCH3 is 2. The first kappa shape index (κ1) is 21.4. The number of benzene rings is 2. The van der Waals surface area contributed by atoms with E-state index in [9.17, 15) is 9.59 Å². The number of carbonyl (C=O) groups is 2. The second kappa shape index (κ2) is 11.7. The van der Waals surface area contributed by atoms with Gasteiger partial charge in [0.1, 0.15) is 19.3 Å². The van der Waals surface area contributed by atoms with Crippen LogP contribution in [-0.2, 0) is 37.0 Å². The third-order valence-corrected chi connectivity index (χ3v) is 3.97. The molecule has 0 saturated heterocycles. The van der Waals surface area contributed by atoms with Gasteiger partial charge in [0.2, 0.25) is 0 Å². The highest BCUT2D eigenvalue weighted by Crippen LogP contribution is 2.09. The van der Waals surface area contributed by atoms with Crippen molar-refractivity contribution in [2.75, 3.05) is 14.2 Å². The Morgan fingerprint density at radius 2 is 1.32 bits per heavy atom. The van der Waals surface area contributed by atoms with Gasteiger partial charge in [-0.3, -0.25) is 0 Å². The number of hydrogen-bond acceptors (Lipinski definition) is 6. The smallest absolute Gasteiger partial charge is 0.408 e. The van der Waals surface area contributed by atoms with E-state index in [1.807, 2.05) is 60.7 Å². The zero-order valence-electron chi connectivity index (χ0n) is 16.0. The van der Waals surface area contributed by atoms with Crippen LogP contribution in [0.25, 0.3) is 0 Å². The molecule has 0 fully saturated rings. The van der Waals surface area contributed by atoms with E-state index < -0.39 is 24.4 Å². The van der Waals surface area contributed by atoms with E-state index in [4.69, 9.17) is 18.9 Å². The predicted molar refractivity (Wildman–Crippen MR) is 102 cm³/mol. The summed E-state index contributed by atoms with van der Waals surface area (Å²) in [4.78, 5) is 24.6. The number of ether oxygens (including phenoxy) is 4. The molecule has 0 spiro atoms. The van der Waals surface area contributed by atoms with E-state index in [0.29, 0.717) is 0 Å². The molecule has 7 heteroatoms. The third-order valence-electron chi connectivity index (χ3n) is 3.97. The third kappa shape index (κ3) is 7.38. The Balaban J connectivity index is 1.93. The van der Waals surface area contributed by atoms with Gasteiger partial charge in [-0.25, -0.2) is 9.59 Å². The zero-order valence-corrected chi connectivity index (χ0v) is 16.0. The van der Waals surface area contributed by atoms with Crippen molar-refractivity contribution in [3.8, 4) is 0 Å². The summed E-state index contributed by atoms with van der Waals surface area (Å²) < 4.78 is 20.8. The molecule has 2 aromatic rings. The van der Waals surface area contributed by atoms with Gasteiger partial charge in [0.05, 0.1) is 0 Å². The Labute approximate surface area is 164 Å². The van der Waals surface area contributed by atoms with Crippen molar-refractivity contribution in [3.05, 3.63) is 71.8 Å². The van der Waals surface area contributed by atoms with Crippen LogP contribution in [0.4, 0.5) is 4.79 Å².